The first-order valence-corrected chi connectivity index (χ1v) is 10.8. The summed E-state index contributed by atoms with van der Waals surface area (Å²) in [6.45, 7) is 1.37. The number of benzene rings is 1. The van der Waals surface area contributed by atoms with Crippen LogP contribution in [0.2, 0.25) is 0 Å². The van der Waals surface area contributed by atoms with Crippen molar-refractivity contribution >= 4 is 15.9 Å². The largest absolute Gasteiger partial charge is 1.00 e. The Hall–Kier alpha value is 1.31. The Labute approximate surface area is 209 Å². The van der Waals surface area contributed by atoms with Gasteiger partial charge in [0.05, 0.1) is 0 Å². The van der Waals surface area contributed by atoms with E-state index in [2.05, 4.69) is 24.3 Å². The van der Waals surface area contributed by atoms with Crippen molar-refractivity contribution in [2.75, 3.05) is 20.1 Å². The van der Waals surface area contributed by atoms with Crippen LogP contribution in [0.25, 0.3) is 0 Å². The molecule has 27 heavy (non-hydrogen) atoms. The van der Waals surface area contributed by atoms with Gasteiger partial charge in [-0.05, 0) is 44.8 Å². The maximum Gasteiger partial charge on any atom is 1.00 e. The van der Waals surface area contributed by atoms with Crippen LogP contribution in [-0.4, -0.2) is 55.6 Å². The van der Waals surface area contributed by atoms with E-state index in [-0.39, 0.29) is 68.4 Å². The second-order valence-corrected chi connectivity index (χ2v) is 7.99. The summed E-state index contributed by atoms with van der Waals surface area (Å²) in [5.41, 5.74) is 1.36. The van der Waals surface area contributed by atoms with Gasteiger partial charge in [-0.1, -0.05) is 36.8 Å². The van der Waals surface area contributed by atoms with E-state index in [1.54, 1.807) is 0 Å². The second-order valence-electron chi connectivity index (χ2n) is 5.71. The number of aryl methyl sites for hydroxylation is 1. The van der Waals surface area contributed by atoms with Crippen molar-refractivity contribution in [3.05, 3.63) is 35.9 Å². The molecule has 0 radical (unpaired) electrons. The molecular weight excluding hydrogens is 414 g/mol. The average Bonchev–Trinajstić information content (AvgIpc) is 2.51. The molecule has 0 amide bonds. The van der Waals surface area contributed by atoms with E-state index in [4.69, 9.17) is 24.1 Å². The molecule has 0 aliphatic heterocycles. The first kappa shape index (κ1) is 33.0. The third-order valence-electron chi connectivity index (χ3n) is 3.51. The van der Waals surface area contributed by atoms with Crippen molar-refractivity contribution in [2.24, 2.45) is 0 Å². The van der Waals surface area contributed by atoms with E-state index in [0.29, 0.717) is 6.54 Å². The van der Waals surface area contributed by atoms with Gasteiger partial charge in [-0.3, -0.25) is 4.57 Å². The van der Waals surface area contributed by atoms with Crippen LogP contribution < -0.4 is 59.1 Å². The van der Waals surface area contributed by atoms with Gasteiger partial charge in [0, 0.05) is 11.1 Å². The van der Waals surface area contributed by atoms with Crippen LogP contribution in [0.5, 0.6) is 0 Å². The molecule has 0 saturated carbocycles. The predicted octanol–water partition coefficient (Wildman–Crippen LogP) is -3.92. The van der Waals surface area contributed by atoms with Crippen LogP contribution in [0.4, 0.5) is 0 Å². The summed E-state index contributed by atoms with van der Waals surface area (Å²) in [5, 5.41) is 9.28. The van der Waals surface area contributed by atoms with Gasteiger partial charge >= 0.3 is 75.0 Å². The number of aliphatic hydroxyl groups is 1. The molecule has 0 aliphatic rings. The number of unbranched alkanes of at least 4 members (excludes halogenated alkanes) is 2. The average molecular weight is 444 g/mol. The van der Waals surface area contributed by atoms with E-state index < -0.39 is 21.7 Å². The summed E-state index contributed by atoms with van der Waals surface area (Å²) in [6.07, 6.45) is 4.50. The summed E-state index contributed by atoms with van der Waals surface area (Å²) in [4.78, 5) is 33.8. The maximum atomic E-state index is 10.8. The van der Waals surface area contributed by atoms with Gasteiger partial charge in [-0.2, -0.15) is 0 Å². The SMILES string of the molecule is CN(CCCCCc1ccccc1)CCC(O)P(=O)(O)O.O=[P+](O)O.[H-].[H-].[Na+].[Na+]. The molecule has 1 atom stereocenters. The fourth-order valence-electron chi connectivity index (χ4n) is 2.15. The molecule has 0 aromatic heterocycles. The Bertz CT molecular complexity index is 541. The van der Waals surface area contributed by atoms with Crippen molar-refractivity contribution in [1.29, 1.82) is 0 Å². The maximum absolute atomic E-state index is 10.8. The molecule has 0 heterocycles. The zero-order chi connectivity index (χ0) is 19.3. The molecular formula is C15H30NNa2O7P2+. The van der Waals surface area contributed by atoms with Crippen LogP contribution in [0, 0.1) is 0 Å². The minimum Gasteiger partial charge on any atom is -1.00 e. The van der Waals surface area contributed by atoms with Crippen molar-refractivity contribution in [2.45, 2.75) is 37.9 Å². The van der Waals surface area contributed by atoms with Gasteiger partial charge in [0.2, 0.25) is 0 Å². The third kappa shape index (κ3) is 21.8. The monoisotopic (exact) mass is 444 g/mol. The molecule has 0 aliphatic carbocycles. The molecule has 5 N–H and O–H groups in total. The molecule has 148 valence electrons. The number of hydrogen-bond acceptors (Lipinski definition) is 4. The van der Waals surface area contributed by atoms with Gasteiger partial charge in [0.25, 0.3) is 0 Å². The number of nitrogens with zero attached hydrogens (tertiary/aromatic N) is 1. The van der Waals surface area contributed by atoms with Crippen molar-refractivity contribution in [3.8, 4) is 0 Å². The predicted molar refractivity (Wildman–Crippen MR) is 98.4 cm³/mol. The molecule has 0 saturated heterocycles. The molecule has 1 rings (SSSR count). The van der Waals surface area contributed by atoms with Gasteiger partial charge in [-0.25, -0.2) is 0 Å². The molecule has 0 fully saturated rings. The van der Waals surface area contributed by atoms with E-state index in [9.17, 15) is 9.67 Å². The van der Waals surface area contributed by atoms with Crippen LogP contribution in [0.1, 0.15) is 34.1 Å². The molecule has 12 heteroatoms. The molecule has 1 unspecified atom stereocenters. The Balaban J connectivity index is -0.000000220. The first-order valence-electron chi connectivity index (χ1n) is 7.93. The quantitative estimate of drug-likeness (QED) is 0.140. The number of aliphatic hydroxyl groups excluding tert-OH is 1. The number of rotatable bonds is 10. The normalized spacial score (nSPS) is 11.5. The Morgan fingerprint density at radius 1 is 1.07 bits per heavy atom. The zero-order valence-corrected chi connectivity index (χ0v) is 22.1. The Morgan fingerprint density at radius 3 is 2.07 bits per heavy atom. The smallest absolute Gasteiger partial charge is 1.00 e. The summed E-state index contributed by atoms with van der Waals surface area (Å²) >= 11 is 0. The molecule has 1 aromatic rings. The summed E-state index contributed by atoms with van der Waals surface area (Å²) < 4.78 is 19.5. The van der Waals surface area contributed by atoms with Crippen LogP contribution >= 0.6 is 15.9 Å². The molecule has 1 aromatic carbocycles. The van der Waals surface area contributed by atoms with Crippen LogP contribution in [0.3, 0.4) is 0 Å². The number of hydrogen-bond donors (Lipinski definition) is 5. The molecule has 0 spiro atoms. The summed E-state index contributed by atoms with van der Waals surface area (Å²) in [7, 11) is -5.32. The topological polar surface area (TPSA) is 139 Å². The van der Waals surface area contributed by atoms with Gasteiger partial charge in [0.1, 0.15) is 0 Å². The standard InChI is InChI=1S/C15H26NO4P.2Na.HO3P.2H/c1-16(13-11-15(17)21(18,19)20)12-7-3-6-10-14-8-4-2-5-9-14;;;1-4(2)3;;/h2,4-5,8-9,15,17H,3,6-7,10-13H2,1H3,(H2,18,19,20);;;(H-,1,2,3);;/q;2*+1;;2*-1/p+1. The minimum absolute atomic E-state index is 0. The first-order chi connectivity index (χ1) is 11.6. The summed E-state index contributed by atoms with van der Waals surface area (Å²) in [6, 6.07) is 10.4. The van der Waals surface area contributed by atoms with Crippen molar-refractivity contribution < 1.29 is 95.8 Å². The van der Waals surface area contributed by atoms with Crippen molar-refractivity contribution in [3.63, 3.8) is 0 Å². The van der Waals surface area contributed by atoms with Crippen LogP contribution in [0.15, 0.2) is 30.3 Å². The minimum atomic E-state index is -4.35. The van der Waals surface area contributed by atoms with E-state index in [1.165, 1.54) is 5.56 Å². The zero-order valence-electron chi connectivity index (χ0n) is 18.3. The van der Waals surface area contributed by atoms with E-state index in [1.807, 2.05) is 18.0 Å². The second kappa shape index (κ2) is 19.3. The Kier molecular flexibility index (Phi) is 23.5. The van der Waals surface area contributed by atoms with E-state index >= 15 is 0 Å². The van der Waals surface area contributed by atoms with Crippen molar-refractivity contribution in [1.82, 2.24) is 4.90 Å². The summed E-state index contributed by atoms with van der Waals surface area (Å²) in [5.74, 6) is -1.54. The van der Waals surface area contributed by atoms with Gasteiger partial charge < -0.3 is 22.6 Å². The van der Waals surface area contributed by atoms with Gasteiger partial charge in [0.15, 0.2) is 5.85 Å². The van der Waals surface area contributed by atoms with E-state index in [0.717, 1.165) is 32.2 Å². The molecule has 8 nitrogen and oxygen atoms in total. The van der Waals surface area contributed by atoms with Gasteiger partial charge in [-0.15, -0.1) is 9.79 Å². The fraction of sp³-hybridized carbons (Fsp3) is 0.600. The third-order valence-corrected chi connectivity index (χ3v) is 4.54. The Morgan fingerprint density at radius 2 is 1.59 bits per heavy atom. The molecule has 0 bridgehead atoms. The van der Waals surface area contributed by atoms with Crippen LogP contribution in [-0.2, 0) is 15.6 Å². The fourth-order valence-corrected chi connectivity index (χ4v) is 2.60.